The zero-order valence-electron chi connectivity index (χ0n) is 4.68. The third-order valence-corrected chi connectivity index (χ3v) is 1.71. The molecule has 0 aromatic heterocycles. The van der Waals surface area contributed by atoms with Crippen molar-refractivity contribution in [1.29, 1.82) is 0 Å². The van der Waals surface area contributed by atoms with Crippen LogP contribution in [0.2, 0.25) is 0 Å². The molecule has 0 saturated heterocycles. The summed E-state index contributed by atoms with van der Waals surface area (Å²) < 4.78 is 0. The van der Waals surface area contributed by atoms with E-state index in [4.69, 9.17) is 86.4 Å². The van der Waals surface area contributed by atoms with E-state index in [-0.39, 0.29) is 0 Å². The minimum atomic E-state index is -3.11. The number of halogens is 8. The van der Waals surface area contributed by atoms with Gasteiger partial charge in [0.1, 0.15) is 9.67 Å². The number of hydrogen-bond donors (Lipinski definition) is 0. The van der Waals surface area contributed by atoms with E-state index < -0.39 is 19.2 Å². The van der Waals surface area contributed by atoms with Gasteiger partial charge in [0.2, 0.25) is 0 Å². The van der Waals surface area contributed by atoms with Gasteiger partial charge in [0, 0.05) is 0 Å². The Labute approximate surface area is 104 Å². The standard InChI is InChI=1S/C2H2Cl4.Cl4Ge/c3-1(4)2(5)6;1-5(2,3)4/h1-2H;. The molecule has 0 aliphatic rings. The molecule has 0 aliphatic heterocycles. The Balaban J connectivity index is 0. The third-order valence-electron chi connectivity index (χ3n) is 0.190. The maximum atomic E-state index is 5.11. The quantitative estimate of drug-likeness (QED) is 0.444. The first-order valence-corrected chi connectivity index (χ1v) is 14.7. The van der Waals surface area contributed by atoms with Crippen LogP contribution in [0.1, 0.15) is 0 Å². The summed E-state index contributed by atoms with van der Waals surface area (Å²) in [7, 11) is 16.9. The fraction of sp³-hybridized carbons (Fsp3) is 1.00. The van der Waals surface area contributed by atoms with Crippen LogP contribution in [0.5, 0.6) is 0 Å². The van der Waals surface area contributed by atoms with Crippen molar-refractivity contribution < 1.29 is 0 Å². The van der Waals surface area contributed by atoms with Crippen molar-refractivity contribution >= 4 is 96.0 Å². The normalized spacial score (nSPS) is 11.5. The maximum absolute atomic E-state index is 5.11. The van der Waals surface area contributed by atoms with Crippen LogP contribution in [0.4, 0.5) is 0 Å². The molecule has 0 fully saturated rings. The van der Waals surface area contributed by atoms with Gasteiger partial charge in [0.15, 0.2) is 0 Å². The molecule has 0 bridgehead atoms. The van der Waals surface area contributed by atoms with Crippen LogP contribution in [-0.4, -0.2) is 19.2 Å². The van der Waals surface area contributed by atoms with Crippen LogP contribution in [0.25, 0.3) is 0 Å². The predicted molar refractivity (Wildman–Crippen MR) is 60.2 cm³/mol. The first kappa shape index (κ1) is 16.3. The summed E-state index contributed by atoms with van der Waals surface area (Å²) in [4.78, 5) is -1.35. The second kappa shape index (κ2) is 8.19. The Morgan fingerprint density at radius 1 is 0.636 bits per heavy atom. The second-order valence-corrected chi connectivity index (χ2v) is 23.0. The van der Waals surface area contributed by atoms with Gasteiger partial charge >= 0.3 is 49.6 Å². The van der Waals surface area contributed by atoms with Gasteiger partial charge in [0.25, 0.3) is 0 Å². The summed E-state index contributed by atoms with van der Waals surface area (Å²) in [6, 6.07) is 0. The third kappa shape index (κ3) is 32.2. The molecule has 0 saturated carbocycles. The molecule has 70 valence electrons. The van der Waals surface area contributed by atoms with Crippen LogP contribution in [0.3, 0.4) is 0 Å². The van der Waals surface area contributed by atoms with Gasteiger partial charge in [0.05, 0.1) is 0 Å². The zero-order chi connectivity index (χ0) is 9.65. The van der Waals surface area contributed by atoms with Crippen molar-refractivity contribution in [3.63, 3.8) is 0 Å². The first-order chi connectivity index (χ1) is 4.64. The van der Waals surface area contributed by atoms with E-state index in [1.54, 1.807) is 0 Å². The summed E-state index contributed by atoms with van der Waals surface area (Å²) in [6.45, 7) is 0. The molecular formula is C2H2Cl8Ge. The summed E-state index contributed by atoms with van der Waals surface area (Å²) in [5, 5.41) is 0. The van der Waals surface area contributed by atoms with E-state index in [1.165, 1.54) is 0 Å². The van der Waals surface area contributed by atoms with Gasteiger partial charge in [-0.25, -0.2) is 0 Å². The summed E-state index contributed by atoms with van der Waals surface area (Å²) in [5.41, 5.74) is 0. The Hall–Kier alpha value is 2.86. The summed E-state index contributed by atoms with van der Waals surface area (Å²) in [5.74, 6) is 0. The molecule has 0 aromatic rings. The van der Waals surface area contributed by atoms with Crippen molar-refractivity contribution in [2.45, 2.75) is 9.67 Å². The van der Waals surface area contributed by atoms with Crippen LogP contribution in [0, 0.1) is 0 Å². The fourth-order valence-electron chi connectivity index (χ4n) is 0. The Bertz CT molecular complexity index is 72.6. The fourth-order valence-corrected chi connectivity index (χ4v) is 0. The Kier molecular flexibility index (Phi) is 12.1. The van der Waals surface area contributed by atoms with Gasteiger partial charge < -0.3 is 0 Å². The summed E-state index contributed by atoms with van der Waals surface area (Å²) in [6.07, 6.45) is 0. The van der Waals surface area contributed by atoms with E-state index in [0.29, 0.717) is 0 Å². The van der Waals surface area contributed by atoms with Crippen LogP contribution in [-0.2, 0) is 0 Å². The molecule has 0 spiro atoms. The number of alkyl halides is 4. The van der Waals surface area contributed by atoms with E-state index >= 15 is 0 Å². The molecule has 0 radical (unpaired) electrons. The average Bonchev–Trinajstić information content (AvgIpc) is 1.59. The van der Waals surface area contributed by atoms with Gasteiger partial charge in [-0.1, -0.05) is 0 Å². The SMILES string of the molecule is ClC(Cl)C(Cl)Cl.[Cl][Ge]([Cl])([Cl])[Cl]. The molecule has 0 atom stereocenters. The van der Waals surface area contributed by atoms with Gasteiger partial charge in [-0.05, 0) is 0 Å². The molecule has 0 nitrogen and oxygen atoms in total. The van der Waals surface area contributed by atoms with Crippen molar-refractivity contribution in [3.05, 3.63) is 0 Å². The van der Waals surface area contributed by atoms with Crippen LogP contribution < -0.4 is 0 Å². The monoisotopic (exact) mass is 380 g/mol. The van der Waals surface area contributed by atoms with Crippen molar-refractivity contribution in [1.82, 2.24) is 0 Å². The topological polar surface area (TPSA) is 0 Å². The van der Waals surface area contributed by atoms with E-state index in [2.05, 4.69) is 0 Å². The molecule has 0 rings (SSSR count). The molecule has 11 heavy (non-hydrogen) atoms. The molecular weight excluding hydrogens is 380 g/mol. The zero-order valence-corrected chi connectivity index (χ0v) is 12.8. The first-order valence-electron chi connectivity index (χ1n) is 1.96. The van der Waals surface area contributed by atoms with Crippen LogP contribution in [0.15, 0.2) is 0 Å². The Morgan fingerprint density at radius 2 is 0.727 bits per heavy atom. The number of rotatable bonds is 1. The molecule has 9 heteroatoms. The van der Waals surface area contributed by atoms with Crippen molar-refractivity contribution in [3.8, 4) is 0 Å². The van der Waals surface area contributed by atoms with Crippen molar-refractivity contribution in [2.75, 3.05) is 0 Å². The van der Waals surface area contributed by atoms with E-state index in [1.807, 2.05) is 0 Å². The van der Waals surface area contributed by atoms with E-state index in [0.717, 1.165) is 0 Å². The molecule has 0 amide bonds. The number of hydrogen-bond acceptors (Lipinski definition) is 0. The van der Waals surface area contributed by atoms with Gasteiger partial charge in [-0.15, -0.1) is 46.4 Å². The van der Waals surface area contributed by atoms with Gasteiger partial charge in [-0.3, -0.25) is 0 Å². The molecule has 0 heterocycles. The van der Waals surface area contributed by atoms with Crippen LogP contribution >= 0.6 is 86.4 Å². The summed E-state index contributed by atoms with van der Waals surface area (Å²) >= 11 is 20.5. The van der Waals surface area contributed by atoms with E-state index in [9.17, 15) is 0 Å². The molecule has 0 aromatic carbocycles. The Morgan fingerprint density at radius 3 is 0.727 bits per heavy atom. The minimum absolute atomic E-state index is 0.673. The van der Waals surface area contributed by atoms with Crippen molar-refractivity contribution in [2.24, 2.45) is 0 Å². The average molecular weight is 382 g/mol. The molecule has 0 aliphatic carbocycles. The predicted octanol–water partition coefficient (Wildman–Crippen LogP) is 4.97. The van der Waals surface area contributed by atoms with Gasteiger partial charge in [-0.2, -0.15) is 0 Å². The molecule has 0 unspecified atom stereocenters. The molecule has 0 N–H and O–H groups in total. The second-order valence-electron chi connectivity index (χ2n) is 1.10.